The second-order valence-corrected chi connectivity index (χ2v) is 6.89. The van der Waals surface area contributed by atoms with E-state index in [1.807, 2.05) is 30.3 Å². The molecule has 0 aliphatic heterocycles. The van der Waals surface area contributed by atoms with Crippen LogP contribution in [0.15, 0.2) is 48.9 Å². The number of nitrogens with zero attached hydrogens (tertiary/aromatic N) is 2. The lowest BCUT2D eigenvalue weighted by Gasteiger charge is -2.26. The Morgan fingerprint density at radius 3 is 2.50 bits per heavy atom. The van der Waals surface area contributed by atoms with Crippen LogP contribution >= 0.6 is 0 Å². The number of rotatable bonds is 11. The van der Waals surface area contributed by atoms with Crippen LogP contribution < -0.4 is 10.6 Å². The number of hydrogen-bond acceptors (Lipinski definition) is 7. The fraction of sp³-hybridized carbons (Fsp3) is 0.400. The fourth-order valence-electron chi connectivity index (χ4n) is 2.90. The van der Waals surface area contributed by atoms with Gasteiger partial charge in [-0.3, -0.25) is 14.6 Å². The molecule has 160 valence electrons. The largest absolute Gasteiger partial charge is 0.475 e. The molecule has 4 N–H and O–H groups in total. The molecule has 0 aliphatic rings. The van der Waals surface area contributed by atoms with E-state index in [-0.39, 0.29) is 5.69 Å². The highest BCUT2D eigenvalue weighted by atomic mass is 16.5. The van der Waals surface area contributed by atoms with E-state index in [9.17, 15) is 19.6 Å². The Bertz CT molecular complexity index is 794. The predicted octanol–water partition coefficient (Wildman–Crippen LogP) is 0.130. The lowest BCUT2D eigenvalue weighted by Crippen LogP contribution is -2.57. The molecule has 0 bridgehead atoms. The Balaban J connectivity index is 1.99. The van der Waals surface area contributed by atoms with Crippen molar-refractivity contribution in [3.8, 4) is 0 Å². The summed E-state index contributed by atoms with van der Waals surface area (Å²) in [5, 5.41) is 24.6. The van der Waals surface area contributed by atoms with Crippen LogP contribution in [0.2, 0.25) is 0 Å². The number of benzene rings is 1. The van der Waals surface area contributed by atoms with Gasteiger partial charge in [0.1, 0.15) is 11.7 Å². The van der Waals surface area contributed by atoms with Crippen molar-refractivity contribution >= 4 is 18.9 Å². The monoisotopic (exact) mass is 414 g/mol. The molecule has 1 aromatic carbocycles. The summed E-state index contributed by atoms with van der Waals surface area (Å²) in [6.07, 6.45) is 5.16. The summed E-state index contributed by atoms with van der Waals surface area (Å²) < 4.78 is 5.21. The van der Waals surface area contributed by atoms with E-state index in [1.165, 1.54) is 25.7 Å². The Labute approximate surface area is 176 Å². The van der Waals surface area contributed by atoms with E-state index in [2.05, 4.69) is 20.6 Å². The highest BCUT2D eigenvalue weighted by Gasteiger charge is 2.32. The molecule has 2 aromatic rings. The third-order valence-corrected chi connectivity index (χ3v) is 4.72. The summed E-state index contributed by atoms with van der Waals surface area (Å²) in [4.78, 5) is 32.9. The quantitative estimate of drug-likeness (QED) is 0.384. The van der Waals surface area contributed by atoms with Crippen molar-refractivity contribution in [3.05, 3.63) is 60.2 Å². The molecule has 2 rings (SSSR count). The number of ether oxygens (including phenoxy) is 1. The van der Waals surface area contributed by atoms with Crippen LogP contribution in [0.1, 0.15) is 35.8 Å². The van der Waals surface area contributed by atoms with Gasteiger partial charge in [0.05, 0.1) is 18.2 Å². The lowest BCUT2D eigenvalue weighted by atomic mass is 9.76. The van der Waals surface area contributed by atoms with E-state index in [4.69, 9.17) is 4.74 Å². The zero-order valence-corrected chi connectivity index (χ0v) is 17.1. The van der Waals surface area contributed by atoms with Gasteiger partial charge in [-0.2, -0.15) is 0 Å². The van der Waals surface area contributed by atoms with Crippen LogP contribution in [0.25, 0.3) is 0 Å². The second kappa shape index (κ2) is 12.0. The normalized spacial score (nSPS) is 13.7. The van der Waals surface area contributed by atoms with Crippen molar-refractivity contribution in [1.29, 1.82) is 0 Å². The van der Waals surface area contributed by atoms with Crippen molar-refractivity contribution in [3.63, 3.8) is 0 Å². The van der Waals surface area contributed by atoms with Gasteiger partial charge >= 0.3 is 7.12 Å². The van der Waals surface area contributed by atoms with Crippen molar-refractivity contribution in [2.75, 3.05) is 7.11 Å². The predicted molar refractivity (Wildman–Crippen MR) is 111 cm³/mol. The minimum absolute atomic E-state index is 0.0557. The topological polar surface area (TPSA) is 134 Å². The van der Waals surface area contributed by atoms with E-state index < -0.39 is 37.0 Å². The molecule has 3 unspecified atom stereocenters. The van der Waals surface area contributed by atoms with Crippen molar-refractivity contribution < 1.29 is 24.4 Å². The molecule has 0 aliphatic carbocycles. The van der Waals surface area contributed by atoms with Crippen LogP contribution in [0, 0.1) is 0 Å². The van der Waals surface area contributed by atoms with Gasteiger partial charge in [0.2, 0.25) is 5.91 Å². The first kappa shape index (κ1) is 23.5. The molecule has 2 amide bonds. The van der Waals surface area contributed by atoms with Gasteiger partial charge < -0.3 is 25.4 Å². The first-order chi connectivity index (χ1) is 14.4. The average molecular weight is 414 g/mol. The van der Waals surface area contributed by atoms with Crippen LogP contribution in [-0.2, 0) is 16.0 Å². The molecule has 9 nitrogen and oxygen atoms in total. The Kier molecular flexibility index (Phi) is 9.39. The van der Waals surface area contributed by atoms with Gasteiger partial charge in [0.15, 0.2) is 0 Å². The molecular weight excluding hydrogens is 387 g/mol. The van der Waals surface area contributed by atoms with E-state index in [0.717, 1.165) is 12.0 Å². The fourth-order valence-corrected chi connectivity index (χ4v) is 2.90. The van der Waals surface area contributed by atoms with Crippen LogP contribution in [0.3, 0.4) is 0 Å². The first-order valence-corrected chi connectivity index (χ1v) is 9.72. The molecule has 3 atom stereocenters. The smallest absolute Gasteiger partial charge is 0.426 e. The summed E-state index contributed by atoms with van der Waals surface area (Å²) in [7, 11) is -0.323. The van der Waals surface area contributed by atoms with Crippen LogP contribution in [0.4, 0.5) is 0 Å². The van der Waals surface area contributed by atoms with Crippen LogP contribution in [0.5, 0.6) is 0 Å². The zero-order valence-electron chi connectivity index (χ0n) is 17.1. The maximum atomic E-state index is 12.8. The first-order valence-electron chi connectivity index (χ1n) is 9.72. The number of carbonyl (C=O) groups excluding carboxylic acids is 2. The summed E-state index contributed by atoms with van der Waals surface area (Å²) in [6.45, 7) is 1.63. The van der Waals surface area contributed by atoms with Crippen molar-refractivity contribution in [2.24, 2.45) is 0 Å². The number of aryl methyl sites for hydroxylation is 1. The SMILES string of the molecule is COC(C)C(NC(=O)c1cnccn1)C(=O)NC(CCCc1ccccc1)B(O)O. The molecule has 0 saturated carbocycles. The maximum Gasteiger partial charge on any atom is 0.475 e. The Morgan fingerprint density at radius 2 is 1.90 bits per heavy atom. The number of nitrogens with one attached hydrogen (secondary N) is 2. The molecule has 30 heavy (non-hydrogen) atoms. The highest BCUT2D eigenvalue weighted by Crippen LogP contribution is 2.09. The van der Waals surface area contributed by atoms with Gasteiger partial charge in [-0.15, -0.1) is 0 Å². The molecule has 1 aromatic heterocycles. The number of aromatic nitrogens is 2. The van der Waals surface area contributed by atoms with E-state index >= 15 is 0 Å². The third kappa shape index (κ3) is 7.22. The minimum atomic E-state index is -1.74. The second-order valence-electron chi connectivity index (χ2n) is 6.89. The van der Waals surface area contributed by atoms with E-state index in [1.54, 1.807) is 6.92 Å². The Morgan fingerprint density at radius 1 is 1.17 bits per heavy atom. The number of carbonyl (C=O) groups is 2. The van der Waals surface area contributed by atoms with Gasteiger partial charge in [0.25, 0.3) is 5.91 Å². The minimum Gasteiger partial charge on any atom is -0.426 e. The summed E-state index contributed by atoms with van der Waals surface area (Å²) in [6, 6.07) is 8.72. The molecule has 0 spiro atoms. The number of methoxy groups -OCH3 is 1. The molecule has 0 saturated heterocycles. The summed E-state index contributed by atoms with van der Waals surface area (Å²) >= 11 is 0. The molecule has 1 heterocycles. The summed E-state index contributed by atoms with van der Waals surface area (Å²) in [5.41, 5.74) is 1.18. The molecule has 10 heteroatoms. The number of hydrogen-bond donors (Lipinski definition) is 4. The Hall–Kier alpha value is -2.82. The van der Waals surface area contributed by atoms with Gasteiger partial charge in [-0.25, -0.2) is 4.98 Å². The maximum absolute atomic E-state index is 12.8. The van der Waals surface area contributed by atoms with Crippen molar-refractivity contribution in [1.82, 2.24) is 20.6 Å². The van der Waals surface area contributed by atoms with Gasteiger partial charge in [-0.1, -0.05) is 30.3 Å². The lowest BCUT2D eigenvalue weighted by molar-refractivity contribution is -0.126. The number of amides is 2. The van der Waals surface area contributed by atoms with Gasteiger partial charge in [-0.05, 0) is 31.7 Å². The van der Waals surface area contributed by atoms with Crippen molar-refractivity contribution in [2.45, 2.75) is 44.3 Å². The highest BCUT2D eigenvalue weighted by molar-refractivity contribution is 6.43. The zero-order chi connectivity index (χ0) is 21.9. The van der Waals surface area contributed by atoms with Crippen LogP contribution in [-0.4, -0.2) is 64.1 Å². The molecule has 0 radical (unpaired) electrons. The average Bonchev–Trinajstić information content (AvgIpc) is 2.77. The summed E-state index contributed by atoms with van der Waals surface area (Å²) in [5.74, 6) is -2.06. The van der Waals surface area contributed by atoms with E-state index in [0.29, 0.717) is 12.8 Å². The molecule has 0 fully saturated rings. The third-order valence-electron chi connectivity index (χ3n) is 4.72. The standard InChI is InChI=1S/C20H27BN4O5/c1-14(30-2)18(25-19(26)16-13-22-11-12-23-16)20(27)24-17(21(28)29)10-6-9-15-7-4-3-5-8-15/h3-5,7-8,11-14,17-18,28-29H,6,9-10H2,1-2H3,(H,24,27)(H,25,26). The van der Waals surface area contributed by atoms with Gasteiger partial charge in [0, 0.05) is 19.5 Å². The molecular formula is C20H27BN4O5.